The minimum Gasteiger partial charge on any atom is -0.0847 e. The first kappa shape index (κ1) is 11.0. The summed E-state index contributed by atoms with van der Waals surface area (Å²) in [5.74, 6) is 0.803. The summed E-state index contributed by atoms with van der Waals surface area (Å²) in [6, 6.07) is 0. The normalized spacial score (nSPS) is 20.9. The molecule has 0 aromatic heterocycles. The maximum atomic E-state index is 3.97. The Balaban J connectivity index is 2.01. The molecule has 2 aliphatic rings. The largest absolute Gasteiger partial charge is 0.0847 e. The lowest BCUT2D eigenvalue weighted by molar-refractivity contribution is 0.578. The van der Waals surface area contributed by atoms with E-state index < -0.39 is 0 Å². The summed E-state index contributed by atoms with van der Waals surface area (Å²) in [6.07, 6.45) is 16.9. The van der Waals surface area contributed by atoms with Crippen molar-refractivity contribution in [3.63, 3.8) is 0 Å². The second-order valence-electron chi connectivity index (χ2n) is 4.89. The molecule has 0 N–H and O–H groups in total. The van der Waals surface area contributed by atoms with Crippen molar-refractivity contribution in [3.05, 3.63) is 30.2 Å². The van der Waals surface area contributed by atoms with E-state index in [9.17, 15) is 0 Å². The second-order valence-corrected chi connectivity index (χ2v) is 4.89. The SMILES string of the molecule is [CH2]CCCC(C1=CCCC1)C1=CCCC1. The highest BCUT2D eigenvalue weighted by Crippen LogP contribution is 2.37. The molecular formula is C15H23. The topological polar surface area (TPSA) is 0 Å². The lowest BCUT2D eigenvalue weighted by atomic mass is 9.85. The molecule has 0 saturated heterocycles. The van der Waals surface area contributed by atoms with E-state index in [0.29, 0.717) is 0 Å². The van der Waals surface area contributed by atoms with Gasteiger partial charge in [-0.3, -0.25) is 0 Å². The van der Waals surface area contributed by atoms with Crippen LogP contribution < -0.4 is 0 Å². The third kappa shape index (κ3) is 2.74. The molecule has 0 atom stereocenters. The first-order valence-electron chi connectivity index (χ1n) is 6.59. The number of unbranched alkanes of at least 4 members (excludes halogenated alkanes) is 1. The van der Waals surface area contributed by atoms with Crippen molar-refractivity contribution in [1.82, 2.24) is 0 Å². The fraction of sp³-hybridized carbons (Fsp3) is 0.667. The number of allylic oxidation sites excluding steroid dienone is 4. The predicted octanol–water partition coefficient (Wildman–Crippen LogP) is 4.83. The van der Waals surface area contributed by atoms with Crippen molar-refractivity contribution in [2.45, 2.75) is 57.8 Å². The van der Waals surface area contributed by atoms with Crippen molar-refractivity contribution in [2.75, 3.05) is 0 Å². The zero-order valence-corrected chi connectivity index (χ0v) is 9.80. The van der Waals surface area contributed by atoms with Gasteiger partial charge in [0.1, 0.15) is 0 Å². The van der Waals surface area contributed by atoms with Crippen molar-refractivity contribution in [1.29, 1.82) is 0 Å². The summed E-state index contributed by atoms with van der Waals surface area (Å²) in [4.78, 5) is 0. The van der Waals surface area contributed by atoms with Gasteiger partial charge in [0.15, 0.2) is 0 Å². The van der Waals surface area contributed by atoms with Crippen LogP contribution in [-0.4, -0.2) is 0 Å². The summed E-state index contributed by atoms with van der Waals surface area (Å²) < 4.78 is 0. The van der Waals surface area contributed by atoms with Crippen LogP contribution in [0.5, 0.6) is 0 Å². The smallest absolute Gasteiger partial charge is 0.000690 e. The van der Waals surface area contributed by atoms with Crippen LogP contribution in [-0.2, 0) is 0 Å². The van der Waals surface area contributed by atoms with E-state index in [1.54, 1.807) is 11.1 Å². The van der Waals surface area contributed by atoms with Crippen LogP contribution in [0.25, 0.3) is 0 Å². The van der Waals surface area contributed by atoms with Crippen LogP contribution >= 0.6 is 0 Å². The Morgan fingerprint density at radius 1 is 1.07 bits per heavy atom. The predicted molar refractivity (Wildman–Crippen MR) is 66.6 cm³/mol. The zero-order valence-electron chi connectivity index (χ0n) is 9.80. The van der Waals surface area contributed by atoms with Crippen LogP contribution in [0.2, 0.25) is 0 Å². The summed E-state index contributed by atoms with van der Waals surface area (Å²) in [6.45, 7) is 3.97. The highest BCUT2D eigenvalue weighted by Gasteiger charge is 2.21. The van der Waals surface area contributed by atoms with E-state index in [-0.39, 0.29) is 0 Å². The molecule has 1 radical (unpaired) electrons. The molecule has 0 heteroatoms. The highest BCUT2D eigenvalue weighted by atomic mass is 14.3. The molecule has 0 aliphatic heterocycles. The third-order valence-electron chi connectivity index (χ3n) is 3.79. The molecule has 0 spiro atoms. The Kier molecular flexibility index (Phi) is 4.05. The van der Waals surface area contributed by atoms with Crippen molar-refractivity contribution in [2.24, 2.45) is 5.92 Å². The summed E-state index contributed by atoms with van der Waals surface area (Å²) >= 11 is 0. The van der Waals surface area contributed by atoms with Crippen molar-refractivity contribution in [3.8, 4) is 0 Å². The Labute approximate surface area is 94.5 Å². The monoisotopic (exact) mass is 203 g/mol. The molecular weight excluding hydrogens is 180 g/mol. The maximum absolute atomic E-state index is 3.97. The number of hydrogen-bond acceptors (Lipinski definition) is 0. The minimum atomic E-state index is 0.803. The van der Waals surface area contributed by atoms with E-state index in [4.69, 9.17) is 0 Å². The molecule has 2 aliphatic carbocycles. The summed E-state index contributed by atoms with van der Waals surface area (Å²) in [5.41, 5.74) is 3.49. The standard InChI is InChI=1S/C15H23/c1-2-3-12-15(13-8-4-5-9-13)14-10-6-7-11-14/h8,10,15H,1-7,9,11-12H2. The van der Waals surface area contributed by atoms with Gasteiger partial charge in [0.2, 0.25) is 0 Å². The molecule has 0 amide bonds. The maximum Gasteiger partial charge on any atom is 0.000690 e. The lowest BCUT2D eigenvalue weighted by Crippen LogP contribution is -2.05. The Hall–Kier alpha value is -0.520. The first-order valence-corrected chi connectivity index (χ1v) is 6.59. The van der Waals surface area contributed by atoms with Gasteiger partial charge in [-0.05, 0) is 44.9 Å². The van der Waals surface area contributed by atoms with Crippen molar-refractivity contribution >= 4 is 0 Å². The molecule has 15 heavy (non-hydrogen) atoms. The summed E-state index contributed by atoms with van der Waals surface area (Å²) in [7, 11) is 0. The van der Waals surface area contributed by atoms with Gasteiger partial charge in [-0.1, -0.05) is 43.1 Å². The molecule has 83 valence electrons. The van der Waals surface area contributed by atoms with E-state index in [0.717, 1.165) is 12.3 Å². The highest BCUT2D eigenvalue weighted by molar-refractivity contribution is 5.25. The molecule has 0 heterocycles. The fourth-order valence-electron chi connectivity index (χ4n) is 2.98. The molecule has 0 unspecified atom stereocenters. The van der Waals surface area contributed by atoms with Crippen LogP contribution in [0.15, 0.2) is 23.3 Å². The molecule has 0 aromatic carbocycles. The van der Waals surface area contributed by atoms with Gasteiger partial charge in [-0.15, -0.1) is 0 Å². The first-order chi connectivity index (χ1) is 7.42. The van der Waals surface area contributed by atoms with E-state index in [1.165, 1.54) is 51.4 Å². The van der Waals surface area contributed by atoms with E-state index >= 15 is 0 Å². The van der Waals surface area contributed by atoms with Crippen molar-refractivity contribution < 1.29 is 0 Å². The minimum absolute atomic E-state index is 0.803. The molecule has 0 bridgehead atoms. The molecule has 0 nitrogen and oxygen atoms in total. The number of rotatable bonds is 5. The zero-order chi connectivity index (χ0) is 10.5. The Morgan fingerprint density at radius 3 is 2.07 bits per heavy atom. The van der Waals surface area contributed by atoms with Gasteiger partial charge >= 0.3 is 0 Å². The van der Waals surface area contributed by atoms with Gasteiger partial charge in [0, 0.05) is 5.92 Å². The van der Waals surface area contributed by atoms with Crippen LogP contribution in [0.3, 0.4) is 0 Å². The van der Waals surface area contributed by atoms with Gasteiger partial charge in [-0.25, -0.2) is 0 Å². The summed E-state index contributed by atoms with van der Waals surface area (Å²) in [5, 5.41) is 0. The average molecular weight is 203 g/mol. The van der Waals surface area contributed by atoms with Crippen LogP contribution in [0, 0.1) is 12.8 Å². The van der Waals surface area contributed by atoms with Crippen LogP contribution in [0.1, 0.15) is 57.8 Å². The average Bonchev–Trinajstić information content (AvgIpc) is 2.90. The molecule has 0 fully saturated rings. The molecule has 0 aromatic rings. The quantitative estimate of drug-likeness (QED) is 0.561. The van der Waals surface area contributed by atoms with E-state index in [1.807, 2.05) is 0 Å². The Morgan fingerprint density at radius 2 is 1.67 bits per heavy atom. The third-order valence-corrected chi connectivity index (χ3v) is 3.79. The van der Waals surface area contributed by atoms with Gasteiger partial charge in [0.05, 0.1) is 0 Å². The molecule has 2 rings (SSSR count). The molecule has 0 saturated carbocycles. The van der Waals surface area contributed by atoms with E-state index in [2.05, 4.69) is 19.1 Å². The van der Waals surface area contributed by atoms with Gasteiger partial charge in [0.25, 0.3) is 0 Å². The number of hydrogen-bond donors (Lipinski definition) is 0. The van der Waals surface area contributed by atoms with Crippen LogP contribution in [0.4, 0.5) is 0 Å². The fourth-order valence-corrected chi connectivity index (χ4v) is 2.98. The second kappa shape index (κ2) is 5.53. The lowest BCUT2D eigenvalue weighted by Gasteiger charge is -2.20. The van der Waals surface area contributed by atoms with Gasteiger partial charge in [-0.2, -0.15) is 0 Å². The Bertz CT molecular complexity index is 233. The van der Waals surface area contributed by atoms with Gasteiger partial charge < -0.3 is 0 Å².